The molecule has 0 aromatic heterocycles. The molecule has 0 saturated heterocycles. The number of hydrogen-bond acceptors (Lipinski definition) is 5. The molecule has 0 unspecified atom stereocenters. The smallest absolute Gasteiger partial charge is 0.150 e. The third-order valence-corrected chi connectivity index (χ3v) is 7.21. The minimum absolute atomic E-state index is 0.748. The van der Waals surface area contributed by atoms with Gasteiger partial charge in [-0.3, -0.25) is 0 Å². The molecule has 0 aliphatic rings. The van der Waals surface area contributed by atoms with E-state index in [4.69, 9.17) is 4.74 Å². The van der Waals surface area contributed by atoms with Gasteiger partial charge in [0, 0.05) is 28.6 Å². The minimum atomic E-state index is 0.748. The van der Waals surface area contributed by atoms with E-state index in [9.17, 15) is 0 Å². The van der Waals surface area contributed by atoms with Gasteiger partial charge in [0.2, 0.25) is 0 Å². The SMILES string of the molecule is CCSc1ccc(CNc2ccc(Oc3ccccc3NCc3ccc(SCC)cc3)cc2)cc1. The highest BCUT2D eigenvalue weighted by Crippen LogP contribution is 2.30. The van der Waals surface area contributed by atoms with Crippen molar-refractivity contribution >= 4 is 34.9 Å². The fraction of sp³-hybridized carbons (Fsp3) is 0.200. The topological polar surface area (TPSA) is 33.3 Å². The zero-order valence-electron chi connectivity index (χ0n) is 20.3. The number of anilines is 2. The van der Waals surface area contributed by atoms with Crippen LogP contribution in [0.1, 0.15) is 25.0 Å². The molecule has 3 nitrogen and oxygen atoms in total. The third-order valence-electron chi connectivity index (χ3n) is 5.42. The molecule has 0 spiro atoms. The summed E-state index contributed by atoms with van der Waals surface area (Å²) in [5.74, 6) is 3.81. The van der Waals surface area contributed by atoms with E-state index >= 15 is 0 Å². The Bertz CT molecular complexity index is 1180. The molecule has 4 aromatic carbocycles. The zero-order valence-corrected chi connectivity index (χ0v) is 21.9. The van der Waals surface area contributed by atoms with E-state index < -0.39 is 0 Å². The van der Waals surface area contributed by atoms with Gasteiger partial charge in [-0.2, -0.15) is 0 Å². The molecular formula is C30H32N2OS2. The zero-order chi connectivity index (χ0) is 24.3. The number of para-hydroxylation sites is 2. The summed E-state index contributed by atoms with van der Waals surface area (Å²) in [6.45, 7) is 5.89. The molecule has 180 valence electrons. The molecule has 0 aliphatic heterocycles. The van der Waals surface area contributed by atoms with Crippen LogP contribution in [0.3, 0.4) is 0 Å². The van der Waals surface area contributed by atoms with Crippen LogP contribution in [0, 0.1) is 0 Å². The molecule has 4 rings (SSSR count). The lowest BCUT2D eigenvalue weighted by molar-refractivity contribution is 0.484. The molecule has 0 bridgehead atoms. The average molecular weight is 501 g/mol. The number of hydrogen-bond donors (Lipinski definition) is 2. The standard InChI is InChI=1S/C30H32N2OS2/c1-3-34-27-17-9-23(10-18-27)21-31-25-13-15-26(16-14-25)33-30-8-6-5-7-29(30)32-22-24-11-19-28(20-12-24)35-4-2/h5-20,31-32H,3-4,21-22H2,1-2H3. The van der Waals surface area contributed by atoms with Crippen LogP contribution >= 0.6 is 23.5 Å². The fourth-order valence-electron chi connectivity index (χ4n) is 3.61. The van der Waals surface area contributed by atoms with Gasteiger partial charge in [-0.05, 0) is 83.3 Å². The molecule has 0 atom stereocenters. The normalized spacial score (nSPS) is 10.7. The largest absolute Gasteiger partial charge is 0.455 e. The number of ether oxygens (including phenoxy) is 1. The lowest BCUT2D eigenvalue weighted by atomic mass is 10.2. The second-order valence-corrected chi connectivity index (χ2v) is 10.7. The lowest BCUT2D eigenvalue weighted by Crippen LogP contribution is -2.01. The monoisotopic (exact) mass is 500 g/mol. The summed E-state index contributed by atoms with van der Waals surface area (Å²) in [5.41, 5.74) is 4.56. The van der Waals surface area contributed by atoms with Crippen molar-refractivity contribution in [1.29, 1.82) is 0 Å². The van der Waals surface area contributed by atoms with Crippen LogP contribution in [0.15, 0.2) is 107 Å². The second kappa shape index (κ2) is 13.2. The van der Waals surface area contributed by atoms with Crippen molar-refractivity contribution in [2.24, 2.45) is 0 Å². The van der Waals surface area contributed by atoms with Gasteiger partial charge in [0.15, 0.2) is 5.75 Å². The maximum atomic E-state index is 6.21. The molecule has 4 aromatic rings. The Morgan fingerprint density at radius 1 is 0.600 bits per heavy atom. The number of benzene rings is 4. The van der Waals surface area contributed by atoms with Crippen molar-refractivity contribution < 1.29 is 4.74 Å². The molecule has 0 radical (unpaired) electrons. The summed E-state index contributed by atoms with van der Waals surface area (Å²) in [7, 11) is 0. The molecule has 0 saturated carbocycles. The Kier molecular flexibility index (Phi) is 9.44. The first kappa shape index (κ1) is 25.1. The summed E-state index contributed by atoms with van der Waals surface area (Å²) in [4.78, 5) is 2.62. The molecule has 0 fully saturated rings. The van der Waals surface area contributed by atoms with E-state index in [0.717, 1.165) is 47.5 Å². The van der Waals surface area contributed by atoms with Crippen LogP contribution in [-0.2, 0) is 13.1 Å². The van der Waals surface area contributed by atoms with E-state index in [1.54, 1.807) is 0 Å². The van der Waals surface area contributed by atoms with E-state index in [2.05, 4.69) is 91.2 Å². The molecule has 0 amide bonds. The third kappa shape index (κ3) is 7.74. The molecule has 0 heterocycles. The van der Waals surface area contributed by atoms with Crippen LogP contribution in [-0.4, -0.2) is 11.5 Å². The maximum Gasteiger partial charge on any atom is 0.150 e. The minimum Gasteiger partial charge on any atom is -0.455 e. The van der Waals surface area contributed by atoms with Gasteiger partial charge in [-0.1, -0.05) is 50.2 Å². The Morgan fingerprint density at radius 2 is 1.14 bits per heavy atom. The Balaban J connectivity index is 1.32. The van der Waals surface area contributed by atoms with Gasteiger partial charge in [0.05, 0.1) is 5.69 Å². The van der Waals surface area contributed by atoms with Gasteiger partial charge in [0.25, 0.3) is 0 Å². The molecule has 0 aliphatic carbocycles. The summed E-state index contributed by atoms with van der Waals surface area (Å²) in [6.07, 6.45) is 0. The van der Waals surface area contributed by atoms with Crippen molar-refractivity contribution in [1.82, 2.24) is 0 Å². The molecular weight excluding hydrogens is 468 g/mol. The average Bonchev–Trinajstić information content (AvgIpc) is 2.90. The summed E-state index contributed by atoms with van der Waals surface area (Å²) in [5, 5.41) is 7.01. The Labute approximate surface area is 217 Å². The van der Waals surface area contributed by atoms with Gasteiger partial charge in [0.1, 0.15) is 5.75 Å². The van der Waals surface area contributed by atoms with Crippen molar-refractivity contribution in [2.75, 3.05) is 22.1 Å². The first-order valence-corrected chi connectivity index (χ1v) is 14.0. The van der Waals surface area contributed by atoms with Gasteiger partial charge in [-0.25, -0.2) is 0 Å². The van der Waals surface area contributed by atoms with E-state index in [1.165, 1.54) is 20.9 Å². The van der Waals surface area contributed by atoms with Crippen LogP contribution in [0.2, 0.25) is 0 Å². The summed E-state index contributed by atoms with van der Waals surface area (Å²) < 4.78 is 6.21. The predicted molar refractivity (Wildman–Crippen MR) is 153 cm³/mol. The molecule has 2 N–H and O–H groups in total. The number of rotatable bonds is 12. The predicted octanol–water partition coefficient (Wildman–Crippen LogP) is 8.93. The Morgan fingerprint density at radius 3 is 1.71 bits per heavy atom. The highest BCUT2D eigenvalue weighted by molar-refractivity contribution is 7.99. The highest BCUT2D eigenvalue weighted by atomic mass is 32.2. The maximum absolute atomic E-state index is 6.21. The Hall–Kier alpha value is -3.02. The van der Waals surface area contributed by atoms with Gasteiger partial charge >= 0.3 is 0 Å². The van der Waals surface area contributed by atoms with E-state index in [1.807, 2.05) is 53.9 Å². The van der Waals surface area contributed by atoms with Crippen LogP contribution < -0.4 is 15.4 Å². The lowest BCUT2D eigenvalue weighted by Gasteiger charge is -2.14. The van der Waals surface area contributed by atoms with E-state index in [0.29, 0.717) is 0 Å². The van der Waals surface area contributed by atoms with Crippen molar-refractivity contribution in [3.05, 3.63) is 108 Å². The first-order chi connectivity index (χ1) is 17.2. The quantitative estimate of drug-likeness (QED) is 0.190. The van der Waals surface area contributed by atoms with Crippen molar-refractivity contribution in [3.8, 4) is 11.5 Å². The summed E-state index contributed by atoms with van der Waals surface area (Å²) >= 11 is 3.73. The number of thioether (sulfide) groups is 2. The number of nitrogens with one attached hydrogen (secondary N) is 2. The van der Waals surface area contributed by atoms with Crippen molar-refractivity contribution in [3.63, 3.8) is 0 Å². The van der Waals surface area contributed by atoms with Crippen LogP contribution in [0.25, 0.3) is 0 Å². The van der Waals surface area contributed by atoms with Gasteiger partial charge < -0.3 is 15.4 Å². The van der Waals surface area contributed by atoms with Crippen LogP contribution in [0.5, 0.6) is 11.5 Å². The summed E-state index contributed by atoms with van der Waals surface area (Å²) in [6, 6.07) is 33.7. The first-order valence-electron chi connectivity index (χ1n) is 12.0. The van der Waals surface area contributed by atoms with Crippen molar-refractivity contribution in [2.45, 2.75) is 36.7 Å². The van der Waals surface area contributed by atoms with Crippen LogP contribution in [0.4, 0.5) is 11.4 Å². The van der Waals surface area contributed by atoms with Gasteiger partial charge in [-0.15, -0.1) is 23.5 Å². The second-order valence-electron chi connectivity index (χ2n) is 7.98. The fourth-order valence-corrected chi connectivity index (χ4v) is 4.94. The van der Waals surface area contributed by atoms with E-state index in [-0.39, 0.29) is 0 Å². The highest BCUT2D eigenvalue weighted by Gasteiger charge is 2.05. The molecule has 35 heavy (non-hydrogen) atoms. The molecule has 5 heteroatoms.